The Bertz CT molecular complexity index is 1190. The number of hydrogen-bond acceptors (Lipinski definition) is 4. The van der Waals surface area contributed by atoms with Gasteiger partial charge < -0.3 is 0 Å². The van der Waals surface area contributed by atoms with Crippen LogP contribution in [0.5, 0.6) is 0 Å². The summed E-state index contributed by atoms with van der Waals surface area (Å²) in [7, 11) is 0. The van der Waals surface area contributed by atoms with Crippen molar-refractivity contribution >= 4 is 23.0 Å². The van der Waals surface area contributed by atoms with Crippen LogP contribution in [0.2, 0.25) is 0 Å². The predicted molar refractivity (Wildman–Crippen MR) is 112 cm³/mol. The van der Waals surface area contributed by atoms with Crippen LogP contribution in [0.15, 0.2) is 65.9 Å². The molecule has 2 heterocycles. The van der Waals surface area contributed by atoms with E-state index in [0.29, 0.717) is 42.3 Å². The van der Waals surface area contributed by atoms with Gasteiger partial charge in [-0.3, -0.25) is 9.48 Å². The summed E-state index contributed by atoms with van der Waals surface area (Å²) in [4.78, 5) is 12.9. The molecule has 0 saturated heterocycles. The highest BCUT2D eigenvalue weighted by Gasteiger charge is 2.29. The highest BCUT2D eigenvalue weighted by molar-refractivity contribution is 5.94. The number of carbonyl (C=O) groups excluding carboxylic acids is 1. The number of nitrogens with zero attached hydrogens (tertiary/aromatic N) is 5. The summed E-state index contributed by atoms with van der Waals surface area (Å²) in [6.07, 6.45) is 4.94. The smallest absolute Gasteiger partial charge is 0.268 e. The molecule has 0 saturated carbocycles. The monoisotopic (exact) mass is 401 g/mol. The minimum Gasteiger partial charge on any atom is -0.268 e. The summed E-state index contributed by atoms with van der Waals surface area (Å²) in [6, 6.07) is 14.0. The molecular weight excluding hydrogens is 381 g/mol. The van der Waals surface area contributed by atoms with Gasteiger partial charge in [0, 0.05) is 24.8 Å². The Morgan fingerprint density at radius 2 is 2.13 bits per heavy atom. The van der Waals surface area contributed by atoms with Gasteiger partial charge in [0.1, 0.15) is 5.82 Å². The van der Waals surface area contributed by atoms with Crippen LogP contribution in [0.4, 0.5) is 4.39 Å². The Hall–Kier alpha value is -3.79. The number of hydrogen-bond donors (Lipinski definition) is 0. The van der Waals surface area contributed by atoms with Gasteiger partial charge in [0.25, 0.3) is 5.91 Å². The van der Waals surface area contributed by atoms with Crippen molar-refractivity contribution in [3.63, 3.8) is 0 Å². The van der Waals surface area contributed by atoms with Gasteiger partial charge in [-0.05, 0) is 42.7 Å². The lowest BCUT2D eigenvalue weighted by Gasteiger charge is -2.23. The number of fused-ring (bicyclic) bond motifs is 1. The van der Waals surface area contributed by atoms with Crippen molar-refractivity contribution < 1.29 is 9.18 Å². The largest absolute Gasteiger partial charge is 0.269 e. The van der Waals surface area contributed by atoms with E-state index in [0.717, 1.165) is 11.1 Å². The van der Waals surface area contributed by atoms with Crippen LogP contribution >= 0.6 is 0 Å². The van der Waals surface area contributed by atoms with Crippen LogP contribution in [0, 0.1) is 17.1 Å². The number of aromatic nitrogens is 2. The van der Waals surface area contributed by atoms with Crippen LogP contribution < -0.4 is 0 Å². The topological polar surface area (TPSA) is 74.3 Å². The number of carbonyl (C=O) groups is 1. The number of aryl methyl sites for hydroxylation is 1. The SMILES string of the molecule is C=C(CCCn1ncc2c(F)cccc21)C(=O)N1N=CCC1c1cccc(C#N)c1. The summed E-state index contributed by atoms with van der Waals surface area (Å²) < 4.78 is 15.5. The molecule has 0 radical (unpaired) electrons. The molecule has 0 fully saturated rings. The van der Waals surface area contributed by atoms with Gasteiger partial charge in [0.2, 0.25) is 0 Å². The average Bonchev–Trinajstić information content (AvgIpc) is 3.41. The second-order valence-corrected chi connectivity index (χ2v) is 7.18. The molecule has 4 rings (SSSR count). The Kier molecular flexibility index (Phi) is 5.40. The lowest BCUT2D eigenvalue weighted by Crippen LogP contribution is -2.28. The Labute approximate surface area is 173 Å². The quantitative estimate of drug-likeness (QED) is 0.577. The third-order valence-electron chi connectivity index (χ3n) is 5.22. The second-order valence-electron chi connectivity index (χ2n) is 7.18. The first kappa shape index (κ1) is 19.5. The number of amides is 1. The van der Waals surface area contributed by atoms with E-state index in [4.69, 9.17) is 5.26 Å². The molecule has 1 amide bonds. The molecule has 0 aliphatic carbocycles. The molecule has 150 valence electrons. The Balaban J connectivity index is 1.39. The predicted octanol–water partition coefficient (Wildman–Crippen LogP) is 4.34. The zero-order chi connectivity index (χ0) is 21.1. The van der Waals surface area contributed by atoms with Crippen molar-refractivity contribution in [2.45, 2.75) is 31.8 Å². The van der Waals surface area contributed by atoms with E-state index >= 15 is 0 Å². The second kappa shape index (κ2) is 8.29. The van der Waals surface area contributed by atoms with Crippen molar-refractivity contribution in [3.8, 4) is 6.07 Å². The molecule has 1 aliphatic heterocycles. The minimum absolute atomic E-state index is 0.229. The van der Waals surface area contributed by atoms with E-state index in [9.17, 15) is 9.18 Å². The fourth-order valence-electron chi connectivity index (χ4n) is 3.66. The molecule has 6 nitrogen and oxygen atoms in total. The molecule has 1 aromatic heterocycles. The van der Waals surface area contributed by atoms with Crippen molar-refractivity contribution in [2.75, 3.05) is 0 Å². The molecule has 0 spiro atoms. The van der Waals surface area contributed by atoms with E-state index in [1.807, 2.05) is 12.1 Å². The van der Waals surface area contributed by atoms with E-state index in [1.54, 1.807) is 35.2 Å². The van der Waals surface area contributed by atoms with Gasteiger partial charge in [-0.2, -0.15) is 15.5 Å². The van der Waals surface area contributed by atoms with Crippen LogP contribution in [0.3, 0.4) is 0 Å². The fourth-order valence-corrected chi connectivity index (χ4v) is 3.66. The summed E-state index contributed by atoms with van der Waals surface area (Å²) in [6.45, 7) is 4.50. The van der Waals surface area contributed by atoms with E-state index in [1.165, 1.54) is 17.3 Å². The van der Waals surface area contributed by atoms with Gasteiger partial charge in [-0.25, -0.2) is 9.40 Å². The van der Waals surface area contributed by atoms with Crippen LogP contribution in [-0.4, -0.2) is 26.9 Å². The Morgan fingerprint density at radius 1 is 1.30 bits per heavy atom. The van der Waals surface area contributed by atoms with Gasteiger partial charge in [-0.1, -0.05) is 24.8 Å². The van der Waals surface area contributed by atoms with Gasteiger partial charge in [-0.15, -0.1) is 0 Å². The molecule has 1 aliphatic rings. The highest BCUT2D eigenvalue weighted by atomic mass is 19.1. The van der Waals surface area contributed by atoms with E-state index in [2.05, 4.69) is 22.8 Å². The number of nitriles is 1. The lowest BCUT2D eigenvalue weighted by molar-refractivity contribution is -0.129. The molecule has 0 N–H and O–H groups in total. The Morgan fingerprint density at radius 3 is 2.97 bits per heavy atom. The lowest BCUT2D eigenvalue weighted by atomic mass is 10.0. The zero-order valence-corrected chi connectivity index (χ0v) is 16.3. The van der Waals surface area contributed by atoms with Crippen molar-refractivity contribution in [1.82, 2.24) is 14.8 Å². The van der Waals surface area contributed by atoms with E-state index < -0.39 is 0 Å². The number of halogens is 1. The van der Waals surface area contributed by atoms with Crippen LogP contribution in [0.1, 0.15) is 36.4 Å². The molecule has 3 aromatic rings. The van der Waals surface area contributed by atoms with Gasteiger partial charge >= 0.3 is 0 Å². The minimum atomic E-state index is -0.295. The van der Waals surface area contributed by atoms with Crippen LogP contribution in [-0.2, 0) is 11.3 Å². The summed E-state index contributed by atoms with van der Waals surface area (Å²) in [5, 5.41) is 19.5. The summed E-state index contributed by atoms with van der Waals surface area (Å²) >= 11 is 0. The van der Waals surface area contributed by atoms with Gasteiger partial charge in [0.05, 0.1) is 34.8 Å². The van der Waals surface area contributed by atoms with Gasteiger partial charge in [0.15, 0.2) is 0 Å². The maximum absolute atomic E-state index is 13.8. The number of hydrazone groups is 1. The first-order chi connectivity index (χ1) is 14.6. The van der Waals surface area contributed by atoms with Crippen molar-refractivity contribution in [1.29, 1.82) is 5.26 Å². The molecule has 0 bridgehead atoms. The summed E-state index contributed by atoms with van der Waals surface area (Å²) in [5.41, 5.74) is 2.61. The molecule has 30 heavy (non-hydrogen) atoms. The maximum atomic E-state index is 13.8. The first-order valence-corrected chi connectivity index (χ1v) is 9.72. The zero-order valence-electron chi connectivity index (χ0n) is 16.3. The summed E-state index contributed by atoms with van der Waals surface area (Å²) in [5.74, 6) is -0.524. The molecule has 2 aromatic carbocycles. The first-order valence-electron chi connectivity index (χ1n) is 9.72. The standard InChI is InChI=1S/C23H20FN5O/c1-16(5-4-12-28-22-9-3-8-20(24)19(22)15-27-28)23(30)29-21(10-11-26-29)18-7-2-6-17(13-18)14-25/h2-3,6-9,11,13,15,21H,1,4-5,10,12H2. The number of rotatable bonds is 6. The van der Waals surface area contributed by atoms with Crippen molar-refractivity contribution in [3.05, 3.63) is 77.8 Å². The molecular formula is C23H20FN5O. The molecule has 1 unspecified atom stereocenters. The van der Waals surface area contributed by atoms with Crippen molar-refractivity contribution in [2.24, 2.45) is 5.10 Å². The average molecular weight is 401 g/mol. The third-order valence-corrected chi connectivity index (χ3v) is 5.22. The normalized spacial score (nSPS) is 15.5. The van der Waals surface area contributed by atoms with E-state index in [-0.39, 0.29) is 17.8 Å². The molecule has 1 atom stereocenters. The number of benzene rings is 2. The third kappa shape index (κ3) is 3.72. The molecule has 7 heteroatoms. The fraction of sp³-hybridized carbons (Fsp3) is 0.217. The van der Waals surface area contributed by atoms with Crippen LogP contribution in [0.25, 0.3) is 10.9 Å². The highest BCUT2D eigenvalue weighted by Crippen LogP contribution is 2.30. The maximum Gasteiger partial charge on any atom is 0.269 e.